The van der Waals surface area contributed by atoms with Gasteiger partial charge in [-0.05, 0) is 90.8 Å². The van der Waals surface area contributed by atoms with Crippen molar-refractivity contribution in [3.8, 4) is 0 Å². The smallest absolute Gasteiger partial charge is 0.0133 e. The van der Waals surface area contributed by atoms with E-state index < -0.39 is 0 Å². The Morgan fingerprint density at radius 2 is 1.68 bits per heavy atom. The maximum absolute atomic E-state index is 2.61. The molecule has 0 saturated heterocycles. The Morgan fingerprint density at radius 3 is 2.00 bits per heavy atom. The SMILES string of the molecule is CC(C)C(C)C(C(C1CC1)C(C)C1=CC1)C1(CC(C)(C)C)CCC1C. The Balaban J connectivity index is 1.99. The van der Waals surface area contributed by atoms with E-state index in [1.807, 2.05) is 0 Å². The molecule has 25 heavy (non-hydrogen) atoms. The monoisotopic (exact) mass is 344 g/mol. The van der Waals surface area contributed by atoms with Crippen LogP contribution in [0.2, 0.25) is 0 Å². The van der Waals surface area contributed by atoms with Crippen molar-refractivity contribution in [2.75, 3.05) is 0 Å². The van der Waals surface area contributed by atoms with Crippen LogP contribution < -0.4 is 0 Å². The molecule has 0 heterocycles. The van der Waals surface area contributed by atoms with Crippen molar-refractivity contribution in [2.24, 2.45) is 52.3 Å². The first kappa shape index (κ1) is 19.5. The lowest BCUT2D eigenvalue weighted by atomic mass is 9.44. The van der Waals surface area contributed by atoms with E-state index in [1.54, 1.807) is 5.57 Å². The van der Waals surface area contributed by atoms with Gasteiger partial charge < -0.3 is 0 Å². The van der Waals surface area contributed by atoms with E-state index in [2.05, 4.69) is 61.5 Å². The van der Waals surface area contributed by atoms with Crippen LogP contribution in [0.1, 0.15) is 93.9 Å². The molecule has 0 heteroatoms. The van der Waals surface area contributed by atoms with E-state index in [1.165, 1.54) is 38.5 Å². The highest BCUT2D eigenvalue weighted by atomic mass is 14.6. The number of rotatable bonds is 8. The third-order valence-electron chi connectivity index (χ3n) is 8.35. The molecule has 0 aromatic heterocycles. The highest BCUT2D eigenvalue weighted by Gasteiger charge is 2.58. The second-order valence-electron chi connectivity index (χ2n) is 11.7. The molecule has 2 fully saturated rings. The van der Waals surface area contributed by atoms with Gasteiger partial charge in [0, 0.05) is 0 Å². The molecule has 0 nitrogen and oxygen atoms in total. The van der Waals surface area contributed by atoms with Crippen molar-refractivity contribution in [2.45, 2.75) is 93.9 Å². The Kier molecular flexibility index (Phi) is 5.24. The molecule has 0 aliphatic heterocycles. The summed E-state index contributed by atoms with van der Waals surface area (Å²) in [5.41, 5.74) is 2.83. The van der Waals surface area contributed by atoms with Crippen molar-refractivity contribution < 1.29 is 0 Å². The van der Waals surface area contributed by atoms with Crippen molar-refractivity contribution in [3.63, 3.8) is 0 Å². The average Bonchev–Trinajstić information content (AvgIpc) is 3.36. The summed E-state index contributed by atoms with van der Waals surface area (Å²) in [6.07, 6.45) is 11.2. The Labute approximate surface area is 158 Å². The molecular formula is C25H44. The zero-order chi connectivity index (χ0) is 18.6. The van der Waals surface area contributed by atoms with Crippen molar-refractivity contribution in [1.82, 2.24) is 0 Å². The van der Waals surface area contributed by atoms with Gasteiger partial charge >= 0.3 is 0 Å². The summed E-state index contributed by atoms with van der Waals surface area (Å²) in [7, 11) is 0. The molecule has 144 valence electrons. The van der Waals surface area contributed by atoms with Crippen LogP contribution in [0.3, 0.4) is 0 Å². The molecule has 6 unspecified atom stereocenters. The summed E-state index contributed by atoms with van der Waals surface area (Å²) < 4.78 is 0. The van der Waals surface area contributed by atoms with Gasteiger partial charge in [0.05, 0.1) is 0 Å². The summed E-state index contributed by atoms with van der Waals surface area (Å²) in [6, 6.07) is 0. The Morgan fingerprint density at radius 1 is 1.08 bits per heavy atom. The normalized spacial score (nSPS) is 34.1. The second-order valence-corrected chi connectivity index (χ2v) is 11.7. The lowest BCUT2D eigenvalue weighted by molar-refractivity contribution is -0.117. The molecule has 3 rings (SSSR count). The third-order valence-corrected chi connectivity index (χ3v) is 8.35. The first-order valence-electron chi connectivity index (χ1n) is 11.3. The minimum Gasteiger partial charge on any atom is -0.0807 e. The molecule has 0 spiro atoms. The first-order chi connectivity index (χ1) is 11.6. The lowest BCUT2D eigenvalue weighted by Crippen LogP contribution is -2.53. The van der Waals surface area contributed by atoms with Gasteiger partial charge in [-0.2, -0.15) is 0 Å². The molecule has 0 N–H and O–H groups in total. The predicted molar refractivity (Wildman–Crippen MR) is 110 cm³/mol. The fraction of sp³-hybridized carbons (Fsp3) is 0.920. The lowest BCUT2D eigenvalue weighted by Gasteiger charge is -2.61. The minimum atomic E-state index is 0.444. The molecule has 3 aliphatic carbocycles. The van der Waals surface area contributed by atoms with Crippen LogP contribution in [0.15, 0.2) is 11.6 Å². The van der Waals surface area contributed by atoms with Crippen LogP contribution >= 0.6 is 0 Å². The van der Waals surface area contributed by atoms with Crippen LogP contribution in [-0.4, -0.2) is 0 Å². The van der Waals surface area contributed by atoms with Crippen LogP contribution in [0, 0.1) is 52.3 Å². The van der Waals surface area contributed by atoms with Crippen LogP contribution in [0.4, 0.5) is 0 Å². The Bertz CT molecular complexity index is 501. The fourth-order valence-corrected chi connectivity index (χ4v) is 6.51. The van der Waals surface area contributed by atoms with Crippen molar-refractivity contribution in [3.05, 3.63) is 11.6 Å². The van der Waals surface area contributed by atoms with Crippen LogP contribution in [0.25, 0.3) is 0 Å². The predicted octanol–water partition coefficient (Wildman–Crippen LogP) is 7.74. The first-order valence-corrected chi connectivity index (χ1v) is 11.3. The molecule has 0 aromatic rings. The van der Waals surface area contributed by atoms with E-state index in [0.717, 1.165) is 41.4 Å². The molecular weight excluding hydrogens is 300 g/mol. The second kappa shape index (κ2) is 6.72. The maximum atomic E-state index is 2.61. The molecule has 6 atom stereocenters. The molecule has 3 aliphatic rings. The summed E-state index contributed by atoms with van der Waals surface area (Å²) in [5, 5.41) is 0. The van der Waals surface area contributed by atoms with Gasteiger partial charge in [0.25, 0.3) is 0 Å². The molecule has 0 aromatic carbocycles. The largest absolute Gasteiger partial charge is 0.0807 e. The van der Waals surface area contributed by atoms with E-state index in [0.29, 0.717) is 10.8 Å². The zero-order valence-electron chi connectivity index (χ0n) is 18.4. The van der Waals surface area contributed by atoms with E-state index in [-0.39, 0.29) is 0 Å². The van der Waals surface area contributed by atoms with Gasteiger partial charge in [-0.3, -0.25) is 0 Å². The van der Waals surface area contributed by atoms with Gasteiger partial charge in [0.15, 0.2) is 0 Å². The van der Waals surface area contributed by atoms with Gasteiger partial charge in [-0.25, -0.2) is 0 Å². The van der Waals surface area contributed by atoms with E-state index >= 15 is 0 Å². The average molecular weight is 345 g/mol. The molecule has 0 radical (unpaired) electrons. The summed E-state index contributed by atoms with van der Waals surface area (Å²) >= 11 is 0. The quantitative estimate of drug-likeness (QED) is 0.395. The van der Waals surface area contributed by atoms with Gasteiger partial charge in [-0.1, -0.05) is 67.0 Å². The molecule has 0 bridgehead atoms. The topological polar surface area (TPSA) is 0 Å². The molecule has 0 amide bonds. The third kappa shape index (κ3) is 3.89. The van der Waals surface area contributed by atoms with Gasteiger partial charge in [0.1, 0.15) is 0 Å². The molecule has 2 saturated carbocycles. The summed E-state index contributed by atoms with van der Waals surface area (Å²) in [6.45, 7) is 20.2. The minimum absolute atomic E-state index is 0.444. The maximum Gasteiger partial charge on any atom is -0.0133 e. The fourth-order valence-electron chi connectivity index (χ4n) is 6.51. The number of hydrogen-bond donors (Lipinski definition) is 0. The van der Waals surface area contributed by atoms with Crippen LogP contribution in [0.5, 0.6) is 0 Å². The van der Waals surface area contributed by atoms with Crippen LogP contribution in [-0.2, 0) is 0 Å². The van der Waals surface area contributed by atoms with E-state index in [9.17, 15) is 0 Å². The number of allylic oxidation sites excluding steroid dienone is 2. The van der Waals surface area contributed by atoms with Crippen molar-refractivity contribution in [1.29, 1.82) is 0 Å². The highest BCUT2D eigenvalue weighted by molar-refractivity contribution is 5.26. The summed E-state index contributed by atoms with van der Waals surface area (Å²) in [5.74, 6) is 6.28. The highest BCUT2D eigenvalue weighted by Crippen LogP contribution is 2.66. The summed E-state index contributed by atoms with van der Waals surface area (Å²) in [4.78, 5) is 0. The number of hydrogen-bond acceptors (Lipinski definition) is 0. The zero-order valence-corrected chi connectivity index (χ0v) is 18.4. The standard InChI is InChI=1S/C25H44/c1-16(2)18(4)23(22(21-11-12-21)19(5)20-9-10-20)25(14-13-17(25)3)15-24(6,7)8/h9,16-19,21-23H,10-15H2,1-8H3. The van der Waals surface area contributed by atoms with Gasteiger partial charge in [-0.15, -0.1) is 0 Å². The van der Waals surface area contributed by atoms with Crippen molar-refractivity contribution >= 4 is 0 Å². The van der Waals surface area contributed by atoms with Gasteiger partial charge in [0.2, 0.25) is 0 Å². The Hall–Kier alpha value is -0.260. The van der Waals surface area contributed by atoms with E-state index in [4.69, 9.17) is 0 Å².